The van der Waals surface area contributed by atoms with E-state index in [1.54, 1.807) is 0 Å². The zero-order chi connectivity index (χ0) is 20.6. The number of nitrogens with one attached hydrogen (secondary N) is 2. The Hall–Kier alpha value is -2.64. The number of hydrogen-bond donors (Lipinski definition) is 2. The summed E-state index contributed by atoms with van der Waals surface area (Å²) in [6.07, 6.45) is 1.30. The van der Waals surface area contributed by atoms with Crippen molar-refractivity contribution in [3.63, 3.8) is 0 Å². The maximum Gasteiger partial charge on any atom is 0.239 e. The monoisotopic (exact) mass is 425 g/mol. The van der Waals surface area contributed by atoms with Gasteiger partial charge in [0, 0.05) is 27.9 Å². The molecule has 0 aliphatic heterocycles. The van der Waals surface area contributed by atoms with E-state index in [0.717, 1.165) is 28.3 Å². The molecule has 1 unspecified atom stereocenters. The molecule has 0 radical (unpaired) electrons. The fourth-order valence-electron chi connectivity index (χ4n) is 2.64. The van der Waals surface area contributed by atoms with Crippen LogP contribution in [0.15, 0.2) is 64.9 Å². The van der Waals surface area contributed by atoms with E-state index in [1.807, 2.05) is 73.8 Å². The summed E-state index contributed by atoms with van der Waals surface area (Å²) >= 11 is 2.85. The number of benzene rings is 2. The van der Waals surface area contributed by atoms with Crippen LogP contribution in [0.5, 0.6) is 0 Å². The standard InChI is InChI=1S/C22H23N3O2S2/c1-3-8-20(26)23-17-11-7-12-18(13-17)29-15(2)21(27)25-22-24-19(14-28-22)16-9-5-4-6-10-16/h4-7,9-15H,3,8H2,1-2H3,(H,23,26)(H,24,25,27). The van der Waals surface area contributed by atoms with E-state index in [0.29, 0.717) is 11.6 Å². The van der Waals surface area contributed by atoms with Gasteiger partial charge in [0.25, 0.3) is 0 Å². The second-order valence-electron chi connectivity index (χ2n) is 6.48. The van der Waals surface area contributed by atoms with E-state index in [9.17, 15) is 9.59 Å². The molecule has 0 bridgehead atoms. The highest BCUT2D eigenvalue weighted by Gasteiger charge is 2.17. The summed E-state index contributed by atoms with van der Waals surface area (Å²) in [5.41, 5.74) is 2.61. The second-order valence-corrected chi connectivity index (χ2v) is 8.75. The average molecular weight is 426 g/mol. The Bertz CT molecular complexity index is 973. The van der Waals surface area contributed by atoms with E-state index >= 15 is 0 Å². The van der Waals surface area contributed by atoms with Gasteiger partial charge in [0.05, 0.1) is 10.9 Å². The van der Waals surface area contributed by atoms with E-state index in [2.05, 4.69) is 15.6 Å². The molecule has 3 aromatic rings. The first-order chi connectivity index (χ1) is 14.0. The van der Waals surface area contributed by atoms with Crippen LogP contribution < -0.4 is 10.6 Å². The molecule has 0 aliphatic carbocycles. The number of carbonyl (C=O) groups excluding carboxylic acids is 2. The molecule has 1 heterocycles. The van der Waals surface area contributed by atoms with Crippen molar-refractivity contribution in [3.8, 4) is 11.3 Å². The smallest absolute Gasteiger partial charge is 0.239 e. The Morgan fingerprint density at radius 3 is 2.66 bits per heavy atom. The van der Waals surface area contributed by atoms with Crippen LogP contribution in [0.4, 0.5) is 10.8 Å². The SMILES string of the molecule is CCCC(=O)Nc1cccc(SC(C)C(=O)Nc2nc(-c3ccccc3)cs2)c1. The molecule has 0 spiro atoms. The van der Waals surface area contributed by atoms with Crippen LogP contribution in [-0.2, 0) is 9.59 Å². The molecular weight excluding hydrogens is 402 g/mol. The first-order valence-corrected chi connectivity index (χ1v) is 11.2. The zero-order valence-electron chi connectivity index (χ0n) is 16.3. The zero-order valence-corrected chi connectivity index (χ0v) is 18.0. The summed E-state index contributed by atoms with van der Waals surface area (Å²) in [6.45, 7) is 3.82. The van der Waals surface area contributed by atoms with Gasteiger partial charge in [0.1, 0.15) is 0 Å². The fourth-order valence-corrected chi connectivity index (χ4v) is 4.28. The first kappa shape index (κ1) is 21.1. The van der Waals surface area contributed by atoms with Crippen LogP contribution in [0, 0.1) is 0 Å². The van der Waals surface area contributed by atoms with Crippen molar-refractivity contribution < 1.29 is 9.59 Å². The number of thiazole rings is 1. The fraction of sp³-hybridized carbons (Fsp3) is 0.227. The highest BCUT2D eigenvalue weighted by Crippen LogP contribution is 2.28. The lowest BCUT2D eigenvalue weighted by Crippen LogP contribution is -2.22. The van der Waals surface area contributed by atoms with E-state index in [1.165, 1.54) is 23.1 Å². The van der Waals surface area contributed by atoms with Gasteiger partial charge in [-0.05, 0) is 31.5 Å². The number of rotatable bonds is 8. The Kier molecular flexibility index (Phi) is 7.43. The van der Waals surface area contributed by atoms with Gasteiger partial charge >= 0.3 is 0 Å². The third-order valence-electron chi connectivity index (χ3n) is 4.08. The van der Waals surface area contributed by atoms with Crippen molar-refractivity contribution in [1.82, 2.24) is 4.98 Å². The van der Waals surface area contributed by atoms with Gasteiger partial charge in [-0.25, -0.2) is 4.98 Å². The van der Waals surface area contributed by atoms with Gasteiger partial charge in [0.15, 0.2) is 5.13 Å². The summed E-state index contributed by atoms with van der Waals surface area (Å²) in [7, 11) is 0. The van der Waals surface area contributed by atoms with Crippen LogP contribution in [-0.4, -0.2) is 22.0 Å². The minimum atomic E-state index is -0.305. The number of carbonyl (C=O) groups is 2. The van der Waals surface area contributed by atoms with E-state index in [-0.39, 0.29) is 17.1 Å². The number of hydrogen-bond acceptors (Lipinski definition) is 5. The number of nitrogens with zero attached hydrogens (tertiary/aromatic N) is 1. The lowest BCUT2D eigenvalue weighted by atomic mass is 10.2. The van der Waals surface area contributed by atoms with Gasteiger partial charge in [-0.15, -0.1) is 23.1 Å². The highest BCUT2D eigenvalue weighted by atomic mass is 32.2. The Morgan fingerprint density at radius 1 is 1.10 bits per heavy atom. The molecule has 0 saturated carbocycles. The van der Waals surface area contributed by atoms with E-state index in [4.69, 9.17) is 0 Å². The predicted octanol–water partition coefficient (Wildman–Crippen LogP) is 5.67. The third kappa shape index (κ3) is 6.17. The van der Waals surface area contributed by atoms with E-state index < -0.39 is 0 Å². The Balaban J connectivity index is 1.58. The van der Waals surface area contributed by atoms with Crippen molar-refractivity contribution in [3.05, 3.63) is 60.0 Å². The second kappa shape index (κ2) is 10.2. The molecule has 150 valence electrons. The Morgan fingerprint density at radius 2 is 1.90 bits per heavy atom. The molecule has 2 aromatic carbocycles. The molecule has 7 heteroatoms. The van der Waals surface area contributed by atoms with Crippen molar-refractivity contribution in [2.45, 2.75) is 36.8 Å². The van der Waals surface area contributed by atoms with Crippen molar-refractivity contribution >= 4 is 45.7 Å². The largest absolute Gasteiger partial charge is 0.326 e. The molecule has 2 N–H and O–H groups in total. The number of amides is 2. The van der Waals surface area contributed by atoms with Gasteiger partial charge < -0.3 is 10.6 Å². The maximum atomic E-state index is 12.6. The summed E-state index contributed by atoms with van der Waals surface area (Å²) in [6, 6.07) is 17.4. The molecule has 0 aliphatic rings. The highest BCUT2D eigenvalue weighted by molar-refractivity contribution is 8.00. The van der Waals surface area contributed by atoms with Crippen molar-refractivity contribution in [2.75, 3.05) is 10.6 Å². The minimum absolute atomic E-state index is 0.00145. The normalized spacial score (nSPS) is 11.7. The molecule has 1 atom stereocenters. The average Bonchev–Trinajstić information content (AvgIpc) is 3.17. The van der Waals surface area contributed by atoms with Gasteiger partial charge in [-0.1, -0.05) is 43.3 Å². The molecule has 1 aromatic heterocycles. The molecular formula is C22H23N3O2S2. The van der Waals surface area contributed by atoms with Crippen LogP contribution in [0.25, 0.3) is 11.3 Å². The molecule has 2 amide bonds. The van der Waals surface area contributed by atoms with Crippen molar-refractivity contribution in [2.24, 2.45) is 0 Å². The van der Waals surface area contributed by atoms with Crippen molar-refractivity contribution in [1.29, 1.82) is 0 Å². The van der Waals surface area contributed by atoms with Gasteiger partial charge in [0.2, 0.25) is 11.8 Å². The summed E-state index contributed by atoms with van der Waals surface area (Å²) in [5, 5.41) is 7.99. The topological polar surface area (TPSA) is 71.1 Å². The first-order valence-electron chi connectivity index (χ1n) is 9.43. The molecule has 29 heavy (non-hydrogen) atoms. The predicted molar refractivity (Wildman–Crippen MR) is 121 cm³/mol. The maximum absolute atomic E-state index is 12.6. The lowest BCUT2D eigenvalue weighted by molar-refractivity contribution is -0.116. The van der Waals surface area contributed by atoms with Crippen LogP contribution >= 0.6 is 23.1 Å². The number of anilines is 2. The lowest BCUT2D eigenvalue weighted by Gasteiger charge is -2.12. The Labute approximate surface area is 179 Å². The van der Waals surface area contributed by atoms with Crippen LogP contribution in [0.1, 0.15) is 26.7 Å². The minimum Gasteiger partial charge on any atom is -0.326 e. The summed E-state index contributed by atoms with van der Waals surface area (Å²) < 4.78 is 0. The third-order valence-corrected chi connectivity index (χ3v) is 5.93. The molecule has 0 fully saturated rings. The number of thioether (sulfide) groups is 1. The number of aromatic nitrogens is 1. The molecule has 0 saturated heterocycles. The van der Waals surface area contributed by atoms with Gasteiger partial charge in [-0.2, -0.15) is 0 Å². The van der Waals surface area contributed by atoms with Gasteiger partial charge in [-0.3, -0.25) is 9.59 Å². The molecule has 3 rings (SSSR count). The summed E-state index contributed by atoms with van der Waals surface area (Å²) in [4.78, 5) is 29.8. The molecule has 5 nitrogen and oxygen atoms in total. The van der Waals surface area contributed by atoms with Crippen LogP contribution in [0.2, 0.25) is 0 Å². The van der Waals surface area contributed by atoms with Crippen LogP contribution in [0.3, 0.4) is 0 Å². The quantitative estimate of drug-likeness (QED) is 0.456. The summed E-state index contributed by atoms with van der Waals surface area (Å²) in [5.74, 6) is -0.109.